The van der Waals surface area contributed by atoms with Crippen LogP contribution in [0, 0.1) is 0 Å². The van der Waals surface area contributed by atoms with Crippen LogP contribution < -0.4 is 0 Å². The second-order valence-electron chi connectivity index (χ2n) is 2.45. The molecule has 0 radical (unpaired) electrons. The lowest BCUT2D eigenvalue weighted by Gasteiger charge is -1.97. The molecule has 0 aliphatic heterocycles. The lowest BCUT2D eigenvalue weighted by Crippen LogP contribution is -2.09. The van der Waals surface area contributed by atoms with Crippen LogP contribution >= 0.6 is 0 Å². The van der Waals surface area contributed by atoms with Crippen LogP contribution in [0.15, 0.2) is 11.6 Å². The molecule has 11 heavy (non-hydrogen) atoms. The van der Waals surface area contributed by atoms with Crippen molar-refractivity contribution in [3.8, 4) is 0 Å². The van der Waals surface area contributed by atoms with Crippen LogP contribution in [0.25, 0.3) is 0 Å². The zero-order valence-corrected chi connectivity index (χ0v) is 6.63. The summed E-state index contributed by atoms with van der Waals surface area (Å²) >= 11 is 0. The fraction of sp³-hybridized carbons (Fsp3) is 0.625. The molecule has 1 saturated carbocycles. The van der Waals surface area contributed by atoms with Gasteiger partial charge in [0, 0.05) is 0 Å². The number of hydrogen-bond donors (Lipinski definition) is 0. The lowest BCUT2D eigenvalue weighted by molar-refractivity contribution is -0.145. The van der Waals surface area contributed by atoms with Crippen LogP contribution in [0.1, 0.15) is 12.8 Å². The van der Waals surface area contributed by atoms with Crippen molar-refractivity contribution >= 4 is 5.97 Å². The molecule has 1 aliphatic rings. The Balaban J connectivity index is 1.95. The van der Waals surface area contributed by atoms with Crippen molar-refractivity contribution in [1.29, 1.82) is 0 Å². The van der Waals surface area contributed by atoms with Gasteiger partial charge in [0.25, 0.3) is 0 Å². The molecule has 0 aromatic heterocycles. The van der Waals surface area contributed by atoms with Crippen molar-refractivity contribution in [1.82, 2.24) is 0 Å². The maximum atomic E-state index is 10.5. The van der Waals surface area contributed by atoms with Gasteiger partial charge in [-0.25, -0.2) is 4.79 Å². The molecule has 3 heteroatoms. The molecule has 0 aromatic carbocycles. The van der Waals surface area contributed by atoms with E-state index in [1.165, 1.54) is 25.5 Å². The highest BCUT2D eigenvalue weighted by molar-refractivity contribution is 5.70. The summed E-state index contributed by atoms with van der Waals surface area (Å²) in [4.78, 5) is 10.5. The Morgan fingerprint density at radius 2 is 2.36 bits per heavy atom. The van der Waals surface area contributed by atoms with E-state index < -0.39 is 0 Å². The largest absolute Gasteiger partial charge is 0.467 e. The summed E-state index contributed by atoms with van der Waals surface area (Å²) in [6.45, 7) is 0.588. The van der Waals surface area contributed by atoms with Gasteiger partial charge in [-0.15, -0.1) is 0 Å². The molecule has 62 valence electrons. The average molecular weight is 156 g/mol. The van der Waals surface area contributed by atoms with Gasteiger partial charge in [-0.05, 0) is 12.8 Å². The van der Waals surface area contributed by atoms with Gasteiger partial charge in [0.1, 0.15) is 6.61 Å². The standard InChI is InChI=1S/C8H12O3/c1-10-8(9)6-11-5-4-7-2-3-7/h4H,2-3,5-6H2,1H3. The van der Waals surface area contributed by atoms with E-state index in [0.29, 0.717) is 6.61 Å². The van der Waals surface area contributed by atoms with Crippen LogP contribution in [0.3, 0.4) is 0 Å². The van der Waals surface area contributed by atoms with Crippen LogP contribution in [-0.4, -0.2) is 26.3 Å². The highest BCUT2D eigenvalue weighted by Crippen LogP contribution is 2.26. The topological polar surface area (TPSA) is 35.5 Å². The summed E-state index contributed by atoms with van der Waals surface area (Å²) in [6, 6.07) is 0. The van der Waals surface area contributed by atoms with E-state index in [9.17, 15) is 4.79 Å². The first-order chi connectivity index (χ1) is 5.33. The number of carbonyl (C=O) groups is 1. The monoisotopic (exact) mass is 156 g/mol. The summed E-state index contributed by atoms with van der Waals surface area (Å²) in [6.07, 6.45) is 4.41. The van der Waals surface area contributed by atoms with E-state index in [-0.39, 0.29) is 12.6 Å². The summed E-state index contributed by atoms with van der Waals surface area (Å²) < 4.78 is 9.37. The average Bonchev–Trinajstić information content (AvgIpc) is 2.81. The van der Waals surface area contributed by atoms with Crippen LogP contribution in [0.4, 0.5) is 0 Å². The third-order valence-electron chi connectivity index (χ3n) is 1.48. The van der Waals surface area contributed by atoms with Gasteiger partial charge in [-0.1, -0.05) is 11.6 Å². The number of methoxy groups -OCH3 is 1. The van der Waals surface area contributed by atoms with Crippen molar-refractivity contribution < 1.29 is 14.3 Å². The number of esters is 1. The van der Waals surface area contributed by atoms with Crippen molar-refractivity contribution in [3.05, 3.63) is 11.6 Å². The molecule has 1 aliphatic carbocycles. The first kappa shape index (κ1) is 8.27. The zero-order chi connectivity index (χ0) is 8.10. The van der Waals surface area contributed by atoms with E-state index in [1.54, 1.807) is 0 Å². The summed E-state index contributed by atoms with van der Waals surface area (Å²) in [5, 5.41) is 0. The zero-order valence-electron chi connectivity index (χ0n) is 6.63. The smallest absolute Gasteiger partial charge is 0.331 e. The first-order valence-corrected chi connectivity index (χ1v) is 3.65. The quantitative estimate of drug-likeness (QED) is 0.344. The minimum Gasteiger partial charge on any atom is -0.467 e. The number of carbonyl (C=O) groups excluding carboxylic acids is 1. The Kier molecular flexibility index (Phi) is 3.11. The van der Waals surface area contributed by atoms with Gasteiger partial charge >= 0.3 is 5.97 Å². The molecule has 0 bridgehead atoms. The third-order valence-corrected chi connectivity index (χ3v) is 1.48. The van der Waals surface area contributed by atoms with Gasteiger partial charge in [-0.2, -0.15) is 0 Å². The van der Waals surface area contributed by atoms with Gasteiger partial charge < -0.3 is 9.47 Å². The van der Waals surface area contributed by atoms with Crippen LogP contribution in [0.5, 0.6) is 0 Å². The summed E-state index contributed by atoms with van der Waals surface area (Å²) in [5.74, 6) is -0.320. The van der Waals surface area contributed by atoms with E-state index in [2.05, 4.69) is 4.74 Å². The number of allylic oxidation sites excluding steroid dienone is 1. The molecule has 0 saturated heterocycles. The highest BCUT2D eigenvalue weighted by Gasteiger charge is 2.09. The molecule has 0 amide bonds. The number of hydrogen-bond acceptors (Lipinski definition) is 3. The van der Waals surface area contributed by atoms with E-state index >= 15 is 0 Å². The fourth-order valence-corrected chi connectivity index (χ4v) is 0.654. The molecule has 0 N–H and O–H groups in total. The summed E-state index contributed by atoms with van der Waals surface area (Å²) in [5.41, 5.74) is 1.43. The normalized spacial score (nSPS) is 14.5. The van der Waals surface area contributed by atoms with Crippen molar-refractivity contribution in [2.75, 3.05) is 20.3 Å². The van der Waals surface area contributed by atoms with Gasteiger partial charge in [0.05, 0.1) is 13.7 Å². The molecule has 0 atom stereocenters. The van der Waals surface area contributed by atoms with Crippen LogP contribution in [0.2, 0.25) is 0 Å². The lowest BCUT2D eigenvalue weighted by atomic mass is 10.5. The van der Waals surface area contributed by atoms with Gasteiger partial charge in [-0.3, -0.25) is 0 Å². The molecule has 1 fully saturated rings. The van der Waals surface area contributed by atoms with Crippen molar-refractivity contribution in [2.45, 2.75) is 12.8 Å². The maximum Gasteiger partial charge on any atom is 0.331 e. The Morgan fingerprint density at radius 1 is 1.64 bits per heavy atom. The first-order valence-electron chi connectivity index (χ1n) is 3.65. The summed E-state index contributed by atoms with van der Waals surface area (Å²) in [7, 11) is 1.35. The molecule has 1 rings (SSSR count). The number of ether oxygens (including phenoxy) is 2. The molecule has 0 spiro atoms. The fourth-order valence-electron chi connectivity index (χ4n) is 0.654. The van der Waals surface area contributed by atoms with Gasteiger partial charge in [0.2, 0.25) is 0 Å². The SMILES string of the molecule is COC(=O)COCC=C1CC1. The minimum atomic E-state index is -0.320. The second kappa shape index (κ2) is 4.13. The Morgan fingerprint density at radius 3 is 2.91 bits per heavy atom. The van der Waals surface area contributed by atoms with E-state index in [1.807, 2.05) is 6.08 Å². The Labute approximate surface area is 66.0 Å². The molecule has 0 aromatic rings. The van der Waals surface area contributed by atoms with Crippen molar-refractivity contribution in [2.24, 2.45) is 0 Å². The van der Waals surface area contributed by atoms with Gasteiger partial charge in [0.15, 0.2) is 0 Å². The van der Waals surface area contributed by atoms with Crippen LogP contribution in [-0.2, 0) is 14.3 Å². The minimum absolute atomic E-state index is 0.0558. The van der Waals surface area contributed by atoms with E-state index in [4.69, 9.17) is 4.74 Å². The van der Waals surface area contributed by atoms with E-state index in [0.717, 1.165) is 0 Å². The predicted molar refractivity (Wildman–Crippen MR) is 40.2 cm³/mol. The molecular formula is C8H12O3. The Hall–Kier alpha value is -0.830. The third kappa shape index (κ3) is 3.78. The molecule has 3 nitrogen and oxygen atoms in total. The second-order valence-corrected chi connectivity index (χ2v) is 2.45. The predicted octanol–water partition coefficient (Wildman–Crippen LogP) is 0.896. The maximum absolute atomic E-state index is 10.5. The molecular weight excluding hydrogens is 144 g/mol. The molecule has 0 unspecified atom stereocenters. The van der Waals surface area contributed by atoms with Crippen molar-refractivity contribution in [3.63, 3.8) is 0 Å². The molecule has 0 heterocycles. The Bertz CT molecular complexity index is 166. The highest BCUT2D eigenvalue weighted by atomic mass is 16.6. The number of rotatable bonds is 4.